The van der Waals surface area contributed by atoms with E-state index < -0.39 is 17.9 Å². The molecule has 0 radical (unpaired) electrons. The van der Waals surface area contributed by atoms with Crippen molar-refractivity contribution in [1.82, 2.24) is 5.32 Å². The molecular weight excluding hydrogens is 314 g/mol. The van der Waals surface area contributed by atoms with Gasteiger partial charge in [-0.3, -0.25) is 9.59 Å². The minimum Gasteiger partial charge on any atom is -0.386 e. The van der Waals surface area contributed by atoms with Gasteiger partial charge in [-0.1, -0.05) is 12.1 Å². The highest BCUT2D eigenvalue weighted by Gasteiger charge is 2.18. The lowest BCUT2D eigenvalue weighted by atomic mass is 10.2. The summed E-state index contributed by atoms with van der Waals surface area (Å²) < 4.78 is 0. The molecule has 2 amide bonds. The fourth-order valence-corrected chi connectivity index (χ4v) is 2.87. The Balaban J connectivity index is 1.92. The van der Waals surface area contributed by atoms with Crippen molar-refractivity contribution in [1.29, 1.82) is 5.26 Å². The summed E-state index contributed by atoms with van der Waals surface area (Å²) in [6.45, 7) is 1.80. The Hall–Kier alpha value is -2.69. The van der Waals surface area contributed by atoms with Gasteiger partial charge in [-0.15, -0.1) is 11.3 Å². The number of hydrogen-bond donors (Lipinski definition) is 3. The van der Waals surface area contributed by atoms with Crippen molar-refractivity contribution >= 4 is 28.8 Å². The van der Waals surface area contributed by atoms with E-state index in [0.29, 0.717) is 0 Å². The lowest BCUT2D eigenvalue weighted by Gasteiger charge is -2.12. The number of anilines is 1. The molecule has 0 spiro atoms. The van der Waals surface area contributed by atoms with Gasteiger partial charge in [0.05, 0.1) is 11.3 Å². The predicted octanol–water partition coefficient (Wildman–Crippen LogP) is 1.72. The predicted molar refractivity (Wildman–Crippen MR) is 86.8 cm³/mol. The molecule has 0 aliphatic heterocycles. The van der Waals surface area contributed by atoms with E-state index in [4.69, 9.17) is 5.26 Å². The van der Waals surface area contributed by atoms with E-state index in [1.54, 1.807) is 12.1 Å². The topological polar surface area (TPSA) is 102 Å². The molecule has 0 aliphatic carbocycles. The van der Waals surface area contributed by atoms with E-state index in [9.17, 15) is 14.7 Å². The number of thiophene rings is 1. The second-order valence-electron chi connectivity index (χ2n) is 4.81. The van der Waals surface area contributed by atoms with E-state index in [-0.39, 0.29) is 17.8 Å². The lowest BCUT2D eigenvalue weighted by Crippen LogP contribution is -2.37. The zero-order valence-corrected chi connectivity index (χ0v) is 13.2. The molecule has 1 aromatic heterocycles. The SMILES string of the molecule is Cc1ccsc1C(O)CNC(=O)C(=O)Nc1ccccc1C#N. The maximum Gasteiger partial charge on any atom is 0.313 e. The van der Waals surface area contributed by atoms with Gasteiger partial charge in [0, 0.05) is 11.4 Å². The van der Waals surface area contributed by atoms with Crippen molar-refractivity contribution in [2.75, 3.05) is 11.9 Å². The van der Waals surface area contributed by atoms with Gasteiger partial charge in [-0.2, -0.15) is 5.26 Å². The summed E-state index contributed by atoms with van der Waals surface area (Å²) in [5, 5.41) is 25.6. The Bertz CT molecular complexity index is 764. The number of aliphatic hydroxyl groups is 1. The molecule has 6 nitrogen and oxygen atoms in total. The Morgan fingerprint density at radius 2 is 2.04 bits per heavy atom. The highest BCUT2D eigenvalue weighted by atomic mass is 32.1. The van der Waals surface area contributed by atoms with Crippen molar-refractivity contribution in [2.45, 2.75) is 13.0 Å². The number of amides is 2. The van der Waals surface area contributed by atoms with Gasteiger partial charge in [-0.25, -0.2) is 0 Å². The van der Waals surface area contributed by atoms with Crippen molar-refractivity contribution in [2.24, 2.45) is 0 Å². The van der Waals surface area contributed by atoms with Gasteiger partial charge in [-0.05, 0) is 36.1 Å². The first kappa shape index (κ1) is 16.7. The summed E-state index contributed by atoms with van der Waals surface area (Å²) in [5.74, 6) is -1.76. The fourth-order valence-electron chi connectivity index (χ4n) is 1.96. The average Bonchev–Trinajstić information content (AvgIpc) is 2.98. The molecule has 2 aromatic rings. The molecule has 0 saturated carbocycles. The van der Waals surface area contributed by atoms with Crippen LogP contribution in [0.25, 0.3) is 0 Å². The number of carbonyl (C=O) groups excluding carboxylic acids is 2. The second-order valence-corrected chi connectivity index (χ2v) is 5.75. The molecule has 1 atom stereocenters. The number of carbonyl (C=O) groups is 2. The largest absolute Gasteiger partial charge is 0.386 e. The molecule has 0 saturated heterocycles. The van der Waals surface area contributed by atoms with Crippen molar-refractivity contribution < 1.29 is 14.7 Å². The van der Waals surface area contributed by atoms with Gasteiger partial charge in [0.15, 0.2) is 0 Å². The van der Waals surface area contributed by atoms with Crippen LogP contribution in [0.5, 0.6) is 0 Å². The van der Waals surface area contributed by atoms with E-state index in [0.717, 1.165) is 10.4 Å². The van der Waals surface area contributed by atoms with Gasteiger partial charge in [0.25, 0.3) is 0 Å². The monoisotopic (exact) mass is 329 g/mol. The van der Waals surface area contributed by atoms with Gasteiger partial charge in [0.2, 0.25) is 0 Å². The van der Waals surface area contributed by atoms with Crippen LogP contribution in [-0.4, -0.2) is 23.5 Å². The molecular formula is C16H15N3O3S. The Kier molecular flexibility index (Phi) is 5.46. The summed E-state index contributed by atoms with van der Waals surface area (Å²) >= 11 is 1.39. The number of para-hydroxylation sites is 1. The number of aliphatic hydroxyl groups excluding tert-OH is 1. The first-order valence-corrected chi connectivity index (χ1v) is 7.71. The molecule has 1 unspecified atom stereocenters. The van der Waals surface area contributed by atoms with Crippen LogP contribution in [0.15, 0.2) is 35.7 Å². The molecule has 3 N–H and O–H groups in total. The molecule has 118 valence electrons. The number of nitrogens with one attached hydrogen (secondary N) is 2. The summed E-state index contributed by atoms with van der Waals surface area (Å²) in [6, 6.07) is 10.2. The van der Waals surface area contributed by atoms with Crippen LogP contribution >= 0.6 is 11.3 Å². The van der Waals surface area contributed by atoms with Crippen LogP contribution in [-0.2, 0) is 9.59 Å². The second kappa shape index (κ2) is 7.54. The fraction of sp³-hybridized carbons (Fsp3) is 0.188. The van der Waals surface area contributed by atoms with Crippen molar-refractivity contribution in [3.8, 4) is 6.07 Å². The minimum absolute atomic E-state index is 0.0620. The molecule has 2 rings (SSSR count). The number of nitrogens with zero attached hydrogens (tertiary/aromatic N) is 1. The normalized spacial score (nSPS) is 11.3. The summed E-state index contributed by atoms with van der Waals surface area (Å²) in [5.41, 5.74) is 1.47. The minimum atomic E-state index is -0.886. The average molecular weight is 329 g/mol. The Morgan fingerprint density at radius 3 is 2.70 bits per heavy atom. The number of hydrogen-bond acceptors (Lipinski definition) is 5. The Labute approximate surface area is 137 Å². The molecule has 7 heteroatoms. The molecule has 1 heterocycles. The van der Waals surface area contributed by atoms with Crippen LogP contribution in [0, 0.1) is 18.3 Å². The van der Waals surface area contributed by atoms with E-state index in [1.807, 2.05) is 24.4 Å². The van der Waals surface area contributed by atoms with E-state index >= 15 is 0 Å². The van der Waals surface area contributed by atoms with Crippen LogP contribution in [0.4, 0.5) is 5.69 Å². The third-order valence-electron chi connectivity index (χ3n) is 3.16. The highest BCUT2D eigenvalue weighted by molar-refractivity contribution is 7.10. The number of rotatable bonds is 4. The summed E-state index contributed by atoms with van der Waals surface area (Å²) in [7, 11) is 0. The van der Waals surface area contributed by atoms with Crippen LogP contribution in [0.3, 0.4) is 0 Å². The molecule has 23 heavy (non-hydrogen) atoms. The zero-order valence-electron chi connectivity index (χ0n) is 12.4. The van der Waals surface area contributed by atoms with Crippen LogP contribution in [0.1, 0.15) is 22.1 Å². The van der Waals surface area contributed by atoms with Gasteiger partial charge < -0.3 is 15.7 Å². The molecule has 0 aliphatic rings. The standard InChI is InChI=1S/C16H15N3O3S/c1-10-6-7-23-14(10)13(20)9-18-15(21)16(22)19-12-5-3-2-4-11(12)8-17/h2-7,13,20H,9H2,1H3,(H,18,21)(H,19,22). The first-order chi connectivity index (χ1) is 11.0. The quantitative estimate of drug-likeness (QED) is 0.743. The highest BCUT2D eigenvalue weighted by Crippen LogP contribution is 2.23. The molecule has 1 aromatic carbocycles. The van der Waals surface area contributed by atoms with Gasteiger partial charge >= 0.3 is 11.8 Å². The lowest BCUT2D eigenvalue weighted by molar-refractivity contribution is -0.136. The Morgan fingerprint density at radius 1 is 1.30 bits per heavy atom. The van der Waals surface area contributed by atoms with Crippen LogP contribution < -0.4 is 10.6 Å². The number of aryl methyl sites for hydroxylation is 1. The first-order valence-electron chi connectivity index (χ1n) is 6.83. The summed E-state index contributed by atoms with van der Waals surface area (Å²) in [4.78, 5) is 24.4. The smallest absolute Gasteiger partial charge is 0.313 e. The maximum atomic E-state index is 11.8. The number of nitriles is 1. The van der Waals surface area contributed by atoms with E-state index in [1.165, 1.54) is 23.5 Å². The zero-order chi connectivity index (χ0) is 16.8. The summed E-state index contributed by atoms with van der Waals surface area (Å²) in [6.07, 6.45) is -0.863. The molecule has 0 bridgehead atoms. The molecule has 0 fully saturated rings. The maximum absolute atomic E-state index is 11.8. The van der Waals surface area contributed by atoms with Crippen molar-refractivity contribution in [3.63, 3.8) is 0 Å². The van der Waals surface area contributed by atoms with Crippen molar-refractivity contribution in [3.05, 3.63) is 51.7 Å². The van der Waals surface area contributed by atoms with Crippen LogP contribution in [0.2, 0.25) is 0 Å². The third-order valence-corrected chi connectivity index (χ3v) is 4.28. The van der Waals surface area contributed by atoms with E-state index in [2.05, 4.69) is 10.6 Å². The van der Waals surface area contributed by atoms with Gasteiger partial charge in [0.1, 0.15) is 12.2 Å². The number of benzene rings is 1. The third kappa shape index (κ3) is 4.16.